The first-order valence-corrected chi connectivity index (χ1v) is 11.6. The van der Waals surface area contributed by atoms with Gasteiger partial charge >= 0.3 is 6.18 Å². The summed E-state index contributed by atoms with van der Waals surface area (Å²) in [4.78, 5) is 12.3. The monoisotopic (exact) mass is 518 g/mol. The van der Waals surface area contributed by atoms with Crippen LogP contribution in [0.1, 0.15) is 21.6 Å². The van der Waals surface area contributed by atoms with Crippen molar-refractivity contribution in [3.05, 3.63) is 75.5 Å². The van der Waals surface area contributed by atoms with Gasteiger partial charge < -0.3 is 9.87 Å². The molecule has 4 rings (SSSR count). The summed E-state index contributed by atoms with van der Waals surface area (Å²) in [6.07, 6.45) is -3.38. The van der Waals surface area contributed by atoms with Crippen LogP contribution in [0.2, 0.25) is 10.0 Å². The van der Waals surface area contributed by atoms with E-state index >= 15 is 0 Å². The van der Waals surface area contributed by atoms with Crippen molar-refractivity contribution in [2.24, 2.45) is 0 Å². The molecule has 0 bridgehead atoms. The van der Waals surface area contributed by atoms with Crippen molar-refractivity contribution in [2.75, 3.05) is 11.9 Å². The smallest absolute Gasteiger partial charge is 0.416 e. The van der Waals surface area contributed by atoms with Crippen LogP contribution in [0.4, 0.5) is 18.9 Å². The number of sulfonamides is 1. The minimum atomic E-state index is -4.68. The Morgan fingerprint density at radius 1 is 1.15 bits per heavy atom. The summed E-state index contributed by atoms with van der Waals surface area (Å²) in [6.45, 7) is -0.129. The Morgan fingerprint density at radius 2 is 1.91 bits per heavy atom. The third kappa shape index (κ3) is 4.78. The Labute approximate surface area is 197 Å². The van der Waals surface area contributed by atoms with E-state index in [0.29, 0.717) is 22.5 Å². The van der Waals surface area contributed by atoms with E-state index < -0.39 is 32.9 Å². The Morgan fingerprint density at radius 3 is 2.61 bits per heavy atom. The molecule has 0 spiro atoms. The van der Waals surface area contributed by atoms with E-state index in [9.17, 15) is 26.7 Å². The quantitative estimate of drug-likeness (QED) is 0.498. The first kappa shape index (κ1) is 23.7. The standard InChI is InChI=1S/C20H15Cl2F3N4O3S/c21-13-4-5-17(16(22)9-13)27-19(30)15-10-26-29-7-6-28(11-18(15)29)33(31,32)14-3-1-2-12(8-14)20(23,24)25/h1-5,8-10H,6-7,11H2,(H-,27,30,31,32). The van der Waals surface area contributed by atoms with Gasteiger partial charge in [0.25, 0.3) is 5.91 Å². The second kappa shape index (κ2) is 8.73. The number of carbonyl (C=O) groups excluding carboxylic acids is 1. The van der Waals surface area contributed by atoms with E-state index in [1.807, 2.05) is 0 Å². The number of hydrogen-bond donors (Lipinski definition) is 1. The topological polar surface area (TPSA) is 90.3 Å². The maximum atomic E-state index is 13.0. The van der Waals surface area contributed by atoms with Crippen LogP contribution in [0, 0.1) is 0 Å². The van der Waals surface area contributed by atoms with E-state index in [1.54, 1.807) is 6.07 Å². The molecule has 0 radical (unpaired) electrons. The van der Waals surface area contributed by atoms with Crippen LogP contribution in [0.15, 0.2) is 53.6 Å². The number of alkyl halides is 3. The lowest BCUT2D eigenvalue weighted by Gasteiger charge is -2.31. The van der Waals surface area contributed by atoms with Gasteiger partial charge in [-0.15, -0.1) is 4.31 Å². The number of amides is 1. The van der Waals surface area contributed by atoms with Gasteiger partial charge in [-0.05, 0) is 30.3 Å². The van der Waals surface area contributed by atoms with Crippen molar-refractivity contribution in [3.63, 3.8) is 0 Å². The molecule has 3 aromatic rings. The van der Waals surface area contributed by atoms with Gasteiger partial charge in [0, 0.05) is 11.1 Å². The SMILES string of the molecule is O=C(Nc1ccc(Cl)cc1Cl)c1cnn2c1CN([S+](=O)([O-])c1cccc(C(F)(F)F)c1)CC2. The molecule has 7 nitrogen and oxygen atoms in total. The number of carbonyl (C=O) groups is 1. The maximum Gasteiger partial charge on any atom is 0.416 e. The van der Waals surface area contributed by atoms with Crippen LogP contribution in [-0.4, -0.2) is 31.1 Å². The van der Waals surface area contributed by atoms with Gasteiger partial charge in [-0.2, -0.15) is 18.3 Å². The zero-order valence-corrected chi connectivity index (χ0v) is 18.9. The fourth-order valence-corrected chi connectivity index (χ4v) is 5.27. The fourth-order valence-electron chi connectivity index (χ4n) is 3.38. The van der Waals surface area contributed by atoms with Crippen LogP contribution in [0.3, 0.4) is 0 Å². The molecular weight excluding hydrogens is 504 g/mol. The van der Waals surface area contributed by atoms with Crippen LogP contribution in [0.25, 0.3) is 0 Å². The molecule has 0 saturated carbocycles. The highest BCUT2D eigenvalue weighted by atomic mass is 35.5. The van der Waals surface area contributed by atoms with E-state index in [-0.39, 0.29) is 30.2 Å². The number of benzene rings is 2. The Balaban J connectivity index is 1.59. The first-order valence-electron chi connectivity index (χ1n) is 9.45. The predicted octanol–water partition coefficient (Wildman–Crippen LogP) is 4.88. The molecule has 0 fully saturated rings. The average Bonchev–Trinajstić information content (AvgIpc) is 3.18. The number of nitrogens with zero attached hydrogens (tertiary/aromatic N) is 3. The lowest BCUT2D eigenvalue weighted by atomic mass is 10.2. The van der Waals surface area contributed by atoms with Gasteiger partial charge in [-0.25, -0.2) is 0 Å². The summed E-state index contributed by atoms with van der Waals surface area (Å²) < 4.78 is 67.7. The Hall–Kier alpha value is -2.44. The molecule has 1 N–H and O–H groups in total. The van der Waals surface area contributed by atoms with Crippen LogP contribution >= 0.6 is 23.2 Å². The highest BCUT2D eigenvalue weighted by Gasteiger charge is 2.38. The Kier molecular flexibility index (Phi) is 6.27. The summed E-state index contributed by atoms with van der Waals surface area (Å²) in [5.74, 6) is -0.571. The van der Waals surface area contributed by atoms with E-state index in [4.69, 9.17) is 23.2 Å². The second-order valence-corrected chi connectivity index (χ2v) is 9.95. The second-order valence-electron chi connectivity index (χ2n) is 7.17. The van der Waals surface area contributed by atoms with Crippen molar-refractivity contribution >= 4 is 45.2 Å². The number of hydrogen-bond acceptors (Lipinski definition) is 4. The van der Waals surface area contributed by atoms with E-state index in [0.717, 1.165) is 22.5 Å². The number of fused-ring (bicyclic) bond motifs is 1. The van der Waals surface area contributed by atoms with Crippen molar-refractivity contribution in [3.8, 4) is 0 Å². The van der Waals surface area contributed by atoms with Crippen molar-refractivity contribution in [2.45, 2.75) is 24.2 Å². The van der Waals surface area contributed by atoms with Crippen LogP contribution in [0.5, 0.6) is 0 Å². The molecular formula is C20H15Cl2F3N4O3S. The number of nitrogens with one attached hydrogen (secondary N) is 1. The molecule has 33 heavy (non-hydrogen) atoms. The minimum Gasteiger partial charge on any atom is -0.593 e. The molecule has 1 aliphatic heterocycles. The molecule has 2 heterocycles. The molecule has 13 heteroatoms. The number of rotatable bonds is 4. The van der Waals surface area contributed by atoms with E-state index in [2.05, 4.69) is 10.4 Å². The van der Waals surface area contributed by atoms with Crippen LogP contribution in [-0.2, 0) is 33.9 Å². The first-order chi connectivity index (χ1) is 15.5. The third-order valence-corrected chi connectivity index (χ3v) is 7.45. The van der Waals surface area contributed by atoms with Crippen molar-refractivity contribution < 1.29 is 26.7 Å². The predicted molar refractivity (Wildman–Crippen MR) is 116 cm³/mol. The molecule has 1 unspecified atom stereocenters. The third-order valence-electron chi connectivity index (χ3n) is 5.06. The zero-order valence-electron chi connectivity index (χ0n) is 16.6. The molecule has 1 amide bonds. The van der Waals surface area contributed by atoms with Gasteiger partial charge in [0.2, 0.25) is 0 Å². The number of anilines is 1. The normalized spacial score (nSPS) is 16.2. The molecule has 0 aliphatic carbocycles. The van der Waals surface area contributed by atoms with Gasteiger partial charge in [0.05, 0.1) is 53.4 Å². The fraction of sp³-hybridized carbons (Fsp3) is 0.200. The highest BCUT2D eigenvalue weighted by molar-refractivity contribution is 7.95. The lowest BCUT2D eigenvalue weighted by Crippen LogP contribution is -2.42. The van der Waals surface area contributed by atoms with Gasteiger partial charge in [0.15, 0.2) is 15.3 Å². The minimum absolute atomic E-state index is 0.0165. The molecule has 1 aromatic heterocycles. The summed E-state index contributed by atoms with van der Waals surface area (Å²) in [6, 6.07) is 8.05. The number of aromatic nitrogens is 2. The van der Waals surface area contributed by atoms with Gasteiger partial charge in [0.1, 0.15) is 0 Å². The summed E-state index contributed by atoms with van der Waals surface area (Å²) in [5.41, 5.74) is -0.342. The summed E-state index contributed by atoms with van der Waals surface area (Å²) in [7, 11) is -4.25. The number of halogens is 5. The van der Waals surface area contributed by atoms with Gasteiger partial charge in [-0.3, -0.25) is 9.48 Å². The Bertz CT molecular complexity index is 1280. The molecule has 2 aromatic carbocycles. The maximum absolute atomic E-state index is 13.0. The molecule has 0 saturated heterocycles. The van der Waals surface area contributed by atoms with Crippen molar-refractivity contribution in [1.82, 2.24) is 14.1 Å². The highest BCUT2D eigenvalue weighted by Crippen LogP contribution is 2.34. The van der Waals surface area contributed by atoms with Crippen molar-refractivity contribution in [1.29, 1.82) is 0 Å². The van der Waals surface area contributed by atoms with E-state index in [1.165, 1.54) is 23.0 Å². The molecule has 1 atom stereocenters. The largest absolute Gasteiger partial charge is 0.593 e. The van der Waals surface area contributed by atoms with Crippen LogP contribution < -0.4 is 5.32 Å². The summed E-state index contributed by atoms with van der Waals surface area (Å²) in [5, 5.41) is 7.35. The molecule has 1 aliphatic rings. The zero-order chi connectivity index (χ0) is 24.0. The average molecular weight is 519 g/mol. The lowest BCUT2D eigenvalue weighted by molar-refractivity contribution is -0.137. The summed E-state index contributed by atoms with van der Waals surface area (Å²) >= 11 is 11.9. The molecule has 174 valence electrons. The van der Waals surface area contributed by atoms with Gasteiger partial charge in [-0.1, -0.05) is 33.5 Å².